The Hall–Kier alpha value is -0.140. The third-order valence-corrected chi connectivity index (χ3v) is 7.05. The van der Waals surface area contributed by atoms with Crippen LogP contribution in [0.25, 0.3) is 0 Å². The highest BCUT2D eigenvalue weighted by Crippen LogP contribution is 2.28. The van der Waals surface area contributed by atoms with Crippen LogP contribution in [0.1, 0.15) is 24.1 Å². The molecule has 2 rings (SSSR count). The first-order valence-electron chi connectivity index (χ1n) is 6.75. The molecular formula is C13H23ClN2O2S2. The van der Waals surface area contributed by atoms with Crippen molar-refractivity contribution < 1.29 is 8.42 Å². The van der Waals surface area contributed by atoms with Gasteiger partial charge in [-0.3, -0.25) is 0 Å². The molecule has 4 nitrogen and oxygen atoms in total. The summed E-state index contributed by atoms with van der Waals surface area (Å²) >= 11 is 1.36. The molecule has 1 fully saturated rings. The quantitative estimate of drug-likeness (QED) is 0.897. The molecule has 0 aromatic carbocycles. The third kappa shape index (κ3) is 4.18. The number of hydrogen-bond acceptors (Lipinski definition) is 4. The van der Waals surface area contributed by atoms with Crippen molar-refractivity contribution in [3.05, 3.63) is 17.0 Å². The molecule has 116 valence electrons. The zero-order chi connectivity index (χ0) is 13.9. The van der Waals surface area contributed by atoms with Crippen molar-refractivity contribution in [2.45, 2.75) is 30.4 Å². The van der Waals surface area contributed by atoms with Crippen molar-refractivity contribution in [3.8, 4) is 0 Å². The molecule has 2 heterocycles. The summed E-state index contributed by atoms with van der Waals surface area (Å²) in [5.41, 5.74) is 0. The number of nitrogens with zero attached hydrogens (tertiary/aromatic N) is 1. The molecule has 0 aliphatic carbocycles. The van der Waals surface area contributed by atoms with Crippen LogP contribution in [0.5, 0.6) is 0 Å². The zero-order valence-electron chi connectivity index (χ0n) is 12.0. The van der Waals surface area contributed by atoms with E-state index in [-0.39, 0.29) is 12.4 Å². The second-order valence-corrected chi connectivity index (χ2v) is 8.56. The molecule has 1 aliphatic rings. The third-order valence-electron chi connectivity index (χ3n) is 3.69. The van der Waals surface area contributed by atoms with Crippen molar-refractivity contribution in [3.63, 3.8) is 0 Å². The van der Waals surface area contributed by atoms with E-state index in [4.69, 9.17) is 0 Å². The van der Waals surface area contributed by atoms with E-state index >= 15 is 0 Å². The lowest BCUT2D eigenvalue weighted by atomic mass is 9.95. The maximum absolute atomic E-state index is 12.4. The molecule has 7 heteroatoms. The summed E-state index contributed by atoms with van der Waals surface area (Å²) in [7, 11) is -1.29. The van der Waals surface area contributed by atoms with Crippen LogP contribution in [0.15, 0.2) is 16.3 Å². The largest absolute Gasteiger partial charge is 0.320 e. The van der Waals surface area contributed by atoms with Crippen LogP contribution >= 0.6 is 23.7 Å². The standard InChI is InChI=1S/C13H22N2O2S2.ClH/c1-11-3-4-13(18-11)19(16,17)15-9-6-12(7-10-15)5-8-14-2;/h3-4,12,14H,5-10H2,1-2H3;1H. The molecule has 20 heavy (non-hydrogen) atoms. The molecule has 1 aromatic rings. The van der Waals surface area contributed by atoms with E-state index in [0.29, 0.717) is 23.2 Å². The lowest BCUT2D eigenvalue weighted by Crippen LogP contribution is -2.38. The first-order chi connectivity index (χ1) is 9.04. The van der Waals surface area contributed by atoms with Crippen LogP contribution in [0.4, 0.5) is 0 Å². The molecule has 1 N–H and O–H groups in total. The number of aryl methyl sites for hydroxylation is 1. The van der Waals surface area contributed by atoms with E-state index in [1.165, 1.54) is 11.3 Å². The first kappa shape index (κ1) is 17.9. The Labute approximate surface area is 132 Å². The van der Waals surface area contributed by atoms with Crippen LogP contribution in [-0.4, -0.2) is 39.4 Å². The van der Waals surface area contributed by atoms with Gasteiger partial charge < -0.3 is 5.32 Å². The van der Waals surface area contributed by atoms with Gasteiger partial charge in [0.15, 0.2) is 0 Å². The van der Waals surface area contributed by atoms with Gasteiger partial charge in [0.2, 0.25) is 0 Å². The fourth-order valence-corrected chi connectivity index (χ4v) is 5.37. The molecule has 0 radical (unpaired) electrons. The van der Waals surface area contributed by atoms with Gasteiger partial charge in [-0.2, -0.15) is 4.31 Å². The first-order valence-corrected chi connectivity index (χ1v) is 9.01. The lowest BCUT2D eigenvalue weighted by molar-refractivity contribution is 0.263. The Morgan fingerprint density at radius 3 is 2.50 bits per heavy atom. The second kappa shape index (κ2) is 7.75. The minimum Gasteiger partial charge on any atom is -0.320 e. The monoisotopic (exact) mass is 338 g/mol. The van der Waals surface area contributed by atoms with E-state index in [0.717, 1.165) is 30.7 Å². The fraction of sp³-hybridized carbons (Fsp3) is 0.692. The van der Waals surface area contributed by atoms with E-state index in [2.05, 4.69) is 5.32 Å². The van der Waals surface area contributed by atoms with Gasteiger partial charge >= 0.3 is 0 Å². The van der Waals surface area contributed by atoms with Crippen molar-refractivity contribution in [2.24, 2.45) is 5.92 Å². The Bertz CT molecular complexity index is 508. The van der Waals surface area contributed by atoms with Crippen molar-refractivity contribution in [1.82, 2.24) is 9.62 Å². The van der Waals surface area contributed by atoms with Gasteiger partial charge in [0.25, 0.3) is 10.0 Å². The maximum Gasteiger partial charge on any atom is 0.252 e. The average Bonchev–Trinajstić information content (AvgIpc) is 2.84. The molecule has 1 aliphatic heterocycles. The molecule has 0 unspecified atom stereocenters. The summed E-state index contributed by atoms with van der Waals surface area (Å²) in [5, 5.41) is 3.15. The summed E-state index contributed by atoms with van der Waals surface area (Å²) in [5.74, 6) is 0.656. The van der Waals surface area contributed by atoms with E-state index < -0.39 is 10.0 Å². The summed E-state index contributed by atoms with van der Waals surface area (Å²) in [6.45, 7) is 4.27. The van der Waals surface area contributed by atoms with Crippen molar-refractivity contribution in [2.75, 3.05) is 26.7 Å². The molecule has 1 saturated heterocycles. The Morgan fingerprint density at radius 1 is 1.35 bits per heavy atom. The second-order valence-electron chi connectivity index (χ2n) is 5.10. The van der Waals surface area contributed by atoms with Gasteiger partial charge in [-0.1, -0.05) is 0 Å². The molecule has 0 spiro atoms. The van der Waals surface area contributed by atoms with Gasteiger partial charge in [0.05, 0.1) is 0 Å². The molecule has 0 amide bonds. The molecule has 0 bridgehead atoms. The summed E-state index contributed by atoms with van der Waals surface area (Å²) < 4.78 is 27.0. The van der Waals surface area contributed by atoms with E-state index in [9.17, 15) is 8.42 Å². The topological polar surface area (TPSA) is 49.4 Å². The molecule has 0 atom stereocenters. The van der Waals surface area contributed by atoms with Crippen LogP contribution in [0, 0.1) is 12.8 Å². The zero-order valence-corrected chi connectivity index (χ0v) is 14.4. The SMILES string of the molecule is CNCCC1CCN(S(=O)(=O)c2ccc(C)s2)CC1.Cl. The van der Waals surface area contributed by atoms with E-state index in [1.807, 2.05) is 20.0 Å². The Kier molecular flexibility index (Phi) is 6.94. The van der Waals surface area contributed by atoms with Gasteiger partial charge in [-0.05, 0) is 57.8 Å². The minimum atomic E-state index is -3.25. The fourth-order valence-electron chi connectivity index (χ4n) is 2.46. The van der Waals surface area contributed by atoms with Gasteiger partial charge in [0, 0.05) is 18.0 Å². The number of halogens is 1. The van der Waals surface area contributed by atoms with Crippen molar-refractivity contribution in [1.29, 1.82) is 0 Å². The highest BCUT2D eigenvalue weighted by atomic mass is 35.5. The highest BCUT2D eigenvalue weighted by Gasteiger charge is 2.29. The lowest BCUT2D eigenvalue weighted by Gasteiger charge is -2.30. The smallest absolute Gasteiger partial charge is 0.252 e. The van der Waals surface area contributed by atoms with Crippen LogP contribution < -0.4 is 5.32 Å². The number of piperidine rings is 1. The molecular weight excluding hydrogens is 316 g/mol. The van der Waals surface area contributed by atoms with Crippen LogP contribution in [0.3, 0.4) is 0 Å². The summed E-state index contributed by atoms with van der Waals surface area (Å²) in [6.07, 6.45) is 3.10. The van der Waals surface area contributed by atoms with Crippen molar-refractivity contribution >= 4 is 33.8 Å². The van der Waals surface area contributed by atoms with Gasteiger partial charge in [-0.15, -0.1) is 23.7 Å². The number of sulfonamides is 1. The van der Waals surface area contributed by atoms with E-state index in [1.54, 1.807) is 10.4 Å². The van der Waals surface area contributed by atoms with Crippen LogP contribution in [0.2, 0.25) is 0 Å². The van der Waals surface area contributed by atoms with Gasteiger partial charge in [0.1, 0.15) is 4.21 Å². The average molecular weight is 339 g/mol. The molecule has 1 aromatic heterocycles. The number of nitrogens with one attached hydrogen (secondary N) is 1. The predicted octanol–water partition coefficient (Wildman–Crippen LogP) is 2.49. The maximum atomic E-state index is 12.4. The number of hydrogen-bond donors (Lipinski definition) is 1. The van der Waals surface area contributed by atoms with Gasteiger partial charge in [-0.25, -0.2) is 8.42 Å². The summed E-state index contributed by atoms with van der Waals surface area (Å²) in [6, 6.07) is 3.60. The predicted molar refractivity (Wildman–Crippen MR) is 86.3 cm³/mol. The normalized spacial score (nSPS) is 17.9. The number of thiophene rings is 1. The Morgan fingerprint density at radius 2 is 2.00 bits per heavy atom. The molecule has 0 saturated carbocycles. The Balaban J connectivity index is 0.00000200. The number of rotatable bonds is 5. The highest BCUT2D eigenvalue weighted by molar-refractivity contribution is 7.91. The van der Waals surface area contributed by atoms with Crippen LogP contribution in [-0.2, 0) is 10.0 Å². The summed E-state index contributed by atoms with van der Waals surface area (Å²) in [4.78, 5) is 1.04. The minimum absolute atomic E-state index is 0.